The van der Waals surface area contributed by atoms with E-state index >= 15 is 0 Å². The molecule has 0 radical (unpaired) electrons. The summed E-state index contributed by atoms with van der Waals surface area (Å²) in [6.07, 6.45) is 8.44. The van der Waals surface area contributed by atoms with Crippen molar-refractivity contribution in [2.24, 2.45) is 0 Å². The Morgan fingerprint density at radius 2 is 1.60 bits per heavy atom. The lowest BCUT2D eigenvalue weighted by Crippen LogP contribution is -2.47. The van der Waals surface area contributed by atoms with Crippen LogP contribution in [0.5, 0.6) is 0 Å². The van der Waals surface area contributed by atoms with Gasteiger partial charge in [0.25, 0.3) is 0 Å². The second-order valence-electron chi connectivity index (χ2n) is 6.51. The van der Waals surface area contributed by atoms with Crippen molar-refractivity contribution < 1.29 is 5.11 Å². The molecule has 1 N–H and O–H groups in total. The molecule has 0 spiro atoms. The zero-order chi connectivity index (χ0) is 13.8. The van der Waals surface area contributed by atoms with Crippen molar-refractivity contribution in [1.82, 2.24) is 4.90 Å². The molecule has 0 amide bonds. The van der Waals surface area contributed by atoms with E-state index in [0.717, 1.165) is 19.3 Å². The molecular weight excluding hydrogens is 246 g/mol. The fourth-order valence-corrected chi connectivity index (χ4v) is 3.98. The van der Waals surface area contributed by atoms with Crippen LogP contribution >= 0.6 is 0 Å². The molecule has 2 fully saturated rings. The molecule has 0 bridgehead atoms. The Morgan fingerprint density at radius 3 is 2.30 bits per heavy atom. The second kappa shape index (κ2) is 6.73. The number of aliphatic hydroxyl groups is 1. The summed E-state index contributed by atoms with van der Waals surface area (Å²) in [5.74, 6) is 0.632. The molecule has 2 aliphatic rings. The van der Waals surface area contributed by atoms with Gasteiger partial charge in [-0.1, -0.05) is 43.2 Å². The zero-order valence-electron chi connectivity index (χ0n) is 12.4. The van der Waals surface area contributed by atoms with E-state index in [9.17, 15) is 5.11 Å². The SMILES string of the molecule is OC1CCC(c2ccccc2)CC1N1CCCCCC1. The van der Waals surface area contributed by atoms with Crippen LogP contribution in [0, 0.1) is 0 Å². The standard InChI is InChI=1S/C18H27NO/c20-18-11-10-16(15-8-4-3-5-9-15)14-17(18)19-12-6-1-2-7-13-19/h3-5,8-9,16-18,20H,1-2,6-7,10-14H2. The van der Waals surface area contributed by atoms with Gasteiger partial charge in [0.05, 0.1) is 6.10 Å². The minimum absolute atomic E-state index is 0.118. The molecule has 3 atom stereocenters. The van der Waals surface area contributed by atoms with Crippen LogP contribution < -0.4 is 0 Å². The van der Waals surface area contributed by atoms with Crippen LogP contribution in [-0.4, -0.2) is 35.2 Å². The van der Waals surface area contributed by atoms with Crippen molar-refractivity contribution >= 4 is 0 Å². The van der Waals surface area contributed by atoms with Crippen molar-refractivity contribution in [2.75, 3.05) is 13.1 Å². The monoisotopic (exact) mass is 273 g/mol. The van der Waals surface area contributed by atoms with Gasteiger partial charge in [-0.15, -0.1) is 0 Å². The number of aliphatic hydroxyl groups excluding tert-OH is 1. The van der Waals surface area contributed by atoms with E-state index in [1.807, 2.05) is 0 Å². The predicted molar refractivity (Wildman–Crippen MR) is 82.9 cm³/mol. The number of likely N-dealkylation sites (tertiary alicyclic amines) is 1. The maximum absolute atomic E-state index is 10.4. The van der Waals surface area contributed by atoms with Gasteiger partial charge in [-0.3, -0.25) is 4.90 Å². The van der Waals surface area contributed by atoms with Crippen LogP contribution in [0.15, 0.2) is 30.3 Å². The summed E-state index contributed by atoms with van der Waals surface area (Å²) < 4.78 is 0. The molecule has 1 saturated carbocycles. The van der Waals surface area contributed by atoms with Crippen molar-refractivity contribution in [3.05, 3.63) is 35.9 Å². The van der Waals surface area contributed by atoms with Crippen LogP contribution in [0.2, 0.25) is 0 Å². The molecule has 1 saturated heterocycles. The summed E-state index contributed by atoms with van der Waals surface area (Å²) in [5, 5.41) is 10.4. The average molecular weight is 273 g/mol. The predicted octanol–water partition coefficient (Wildman–Crippen LogP) is 3.56. The summed E-state index contributed by atoms with van der Waals surface area (Å²) in [6, 6.07) is 11.3. The number of rotatable bonds is 2. The highest BCUT2D eigenvalue weighted by Gasteiger charge is 2.33. The highest BCUT2D eigenvalue weighted by molar-refractivity contribution is 5.20. The number of hydrogen-bond acceptors (Lipinski definition) is 2. The van der Waals surface area contributed by atoms with E-state index in [1.54, 1.807) is 0 Å². The number of nitrogens with zero attached hydrogens (tertiary/aromatic N) is 1. The van der Waals surface area contributed by atoms with Crippen LogP contribution in [0.4, 0.5) is 0 Å². The minimum atomic E-state index is -0.118. The average Bonchev–Trinajstić information content (AvgIpc) is 2.78. The van der Waals surface area contributed by atoms with Gasteiger partial charge in [-0.2, -0.15) is 0 Å². The molecule has 1 aromatic rings. The first-order chi connectivity index (χ1) is 9.84. The van der Waals surface area contributed by atoms with E-state index in [0.29, 0.717) is 12.0 Å². The lowest BCUT2D eigenvalue weighted by molar-refractivity contribution is 0.0150. The Labute approximate surface area is 122 Å². The molecule has 1 aliphatic heterocycles. The Hall–Kier alpha value is -0.860. The second-order valence-corrected chi connectivity index (χ2v) is 6.51. The van der Waals surface area contributed by atoms with Gasteiger partial charge in [-0.25, -0.2) is 0 Å². The van der Waals surface area contributed by atoms with Crippen LogP contribution in [0.1, 0.15) is 56.4 Å². The van der Waals surface area contributed by atoms with Crippen LogP contribution in [-0.2, 0) is 0 Å². The van der Waals surface area contributed by atoms with E-state index in [4.69, 9.17) is 0 Å². The van der Waals surface area contributed by atoms with E-state index in [-0.39, 0.29) is 6.10 Å². The first-order valence-corrected chi connectivity index (χ1v) is 8.31. The lowest BCUT2D eigenvalue weighted by Gasteiger charge is -2.40. The third kappa shape index (κ3) is 3.24. The molecule has 0 aromatic heterocycles. The molecule has 2 heteroatoms. The Kier molecular flexibility index (Phi) is 4.74. The van der Waals surface area contributed by atoms with Crippen molar-refractivity contribution in [3.63, 3.8) is 0 Å². The summed E-state index contributed by atoms with van der Waals surface area (Å²) >= 11 is 0. The third-order valence-electron chi connectivity index (χ3n) is 5.16. The number of hydrogen-bond donors (Lipinski definition) is 1. The Bertz CT molecular complexity index is 397. The molecule has 2 nitrogen and oxygen atoms in total. The van der Waals surface area contributed by atoms with Crippen LogP contribution in [0.25, 0.3) is 0 Å². The number of benzene rings is 1. The molecule has 1 heterocycles. The first-order valence-electron chi connectivity index (χ1n) is 8.31. The van der Waals surface area contributed by atoms with Crippen molar-refractivity contribution in [3.8, 4) is 0 Å². The van der Waals surface area contributed by atoms with Gasteiger partial charge in [-0.05, 0) is 56.7 Å². The van der Waals surface area contributed by atoms with Gasteiger partial charge in [0.2, 0.25) is 0 Å². The first kappa shape index (κ1) is 14.1. The molecule has 1 aliphatic carbocycles. The smallest absolute Gasteiger partial charge is 0.0695 e. The molecule has 1 aromatic carbocycles. The zero-order valence-corrected chi connectivity index (χ0v) is 12.4. The maximum atomic E-state index is 10.4. The normalized spacial score (nSPS) is 32.8. The molecule has 110 valence electrons. The molecular formula is C18H27NO. The summed E-state index contributed by atoms with van der Waals surface area (Å²) in [4.78, 5) is 2.58. The topological polar surface area (TPSA) is 23.5 Å². The fraction of sp³-hybridized carbons (Fsp3) is 0.667. The highest BCUT2D eigenvalue weighted by atomic mass is 16.3. The summed E-state index contributed by atoms with van der Waals surface area (Å²) in [5.41, 5.74) is 1.46. The maximum Gasteiger partial charge on any atom is 0.0695 e. The molecule has 3 rings (SSSR count). The van der Waals surface area contributed by atoms with E-state index < -0.39 is 0 Å². The van der Waals surface area contributed by atoms with Crippen molar-refractivity contribution in [2.45, 2.75) is 63.0 Å². The molecule has 20 heavy (non-hydrogen) atoms. The Balaban J connectivity index is 1.69. The summed E-state index contributed by atoms with van der Waals surface area (Å²) in [6.45, 7) is 2.37. The fourth-order valence-electron chi connectivity index (χ4n) is 3.98. The third-order valence-corrected chi connectivity index (χ3v) is 5.16. The quantitative estimate of drug-likeness (QED) is 0.890. The van der Waals surface area contributed by atoms with Crippen LogP contribution in [0.3, 0.4) is 0 Å². The lowest BCUT2D eigenvalue weighted by atomic mass is 9.79. The van der Waals surface area contributed by atoms with Gasteiger partial charge >= 0.3 is 0 Å². The van der Waals surface area contributed by atoms with Gasteiger partial charge in [0.15, 0.2) is 0 Å². The molecule has 3 unspecified atom stereocenters. The highest BCUT2D eigenvalue weighted by Crippen LogP contribution is 2.35. The van der Waals surface area contributed by atoms with Crippen molar-refractivity contribution in [1.29, 1.82) is 0 Å². The van der Waals surface area contributed by atoms with Gasteiger partial charge < -0.3 is 5.11 Å². The minimum Gasteiger partial charge on any atom is -0.391 e. The summed E-state index contributed by atoms with van der Waals surface area (Å²) in [7, 11) is 0. The van der Waals surface area contributed by atoms with E-state index in [2.05, 4.69) is 35.2 Å². The largest absolute Gasteiger partial charge is 0.391 e. The Morgan fingerprint density at radius 1 is 0.900 bits per heavy atom. The van der Waals surface area contributed by atoms with E-state index in [1.165, 1.54) is 44.3 Å². The van der Waals surface area contributed by atoms with Gasteiger partial charge in [0, 0.05) is 6.04 Å². The van der Waals surface area contributed by atoms with Gasteiger partial charge in [0.1, 0.15) is 0 Å².